The van der Waals surface area contributed by atoms with E-state index in [0.29, 0.717) is 6.10 Å². The lowest BCUT2D eigenvalue weighted by molar-refractivity contribution is 0.0120. The summed E-state index contributed by atoms with van der Waals surface area (Å²) in [5, 5.41) is 0. The number of hydrogen-bond acceptors (Lipinski definition) is 2. The molecule has 4 unspecified atom stereocenters. The van der Waals surface area contributed by atoms with E-state index in [1.54, 1.807) is 0 Å². The maximum Gasteiger partial charge on any atom is 0.0718 e. The number of rotatable bonds is 1. The third kappa shape index (κ3) is 1.31. The molecule has 3 rings (SSSR count). The Morgan fingerprint density at radius 3 is 2.62 bits per heavy atom. The first kappa shape index (κ1) is 8.25. The number of likely N-dealkylation sites (tertiary alicyclic amines) is 1. The van der Waals surface area contributed by atoms with Gasteiger partial charge < -0.3 is 4.74 Å². The van der Waals surface area contributed by atoms with Gasteiger partial charge in [0.2, 0.25) is 0 Å². The molecule has 74 valence electrons. The Labute approximate surface area is 80.2 Å². The van der Waals surface area contributed by atoms with Crippen LogP contribution in [0, 0.1) is 5.92 Å². The third-order valence-corrected chi connectivity index (χ3v) is 4.08. The molecule has 0 spiro atoms. The number of nitrogens with zero attached hydrogens (tertiary/aromatic N) is 1. The maximum absolute atomic E-state index is 5.63. The third-order valence-electron chi connectivity index (χ3n) is 4.08. The van der Waals surface area contributed by atoms with E-state index in [2.05, 4.69) is 11.8 Å². The predicted octanol–water partition coefficient (Wildman–Crippen LogP) is 1.65. The summed E-state index contributed by atoms with van der Waals surface area (Å²) in [5.41, 5.74) is 0. The van der Waals surface area contributed by atoms with E-state index in [0.717, 1.165) is 24.6 Å². The van der Waals surface area contributed by atoms with Crippen LogP contribution in [0.2, 0.25) is 0 Å². The van der Waals surface area contributed by atoms with Gasteiger partial charge in [0.25, 0.3) is 0 Å². The molecule has 13 heavy (non-hydrogen) atoms. The van der Waals surface area contributed by atoms with Gasteiger partial charge in [0, 0.05) is 18.6 Å². The Kier molecular flexibility index (Phi) is 1.88. The summed E-state index contributed by atoms with van der Waals surface area (Å²) in [6, 6.07) is 1.68. The lowest BCUT2D eigenvalue weighted by Gasteiger charge is -2.32. The molecule has 2 saturated heterocycles. The summed E-state index contributed by atoms with van der Waals surface area (Å²) in [4.78, 5) is 2.73. The zero-order valence-corrected chi connectivity index (χ0v) is 8.41. The van der Waals surface area contributed by atoms with Gasteiger partial charge in [0.1, 0.15) is 0 Å². The molecule has 2 heterocycles. The van der Waals surface area contributed by atoms with E-state index < -0.39 is 0 Å². The summed E-state index contributed by atoms with van der Waals surface area (Å²) in [6.07, 6.45) is 6.21. The fourth-order valence-corrected chi connectivity index (χ4v) is 3.35. The molecule has 3 aliphatic rings. The van der Waals surface area contributed by atoms with Crippen molar-refractivity contribution in [2.75, 3.05) is 13.2 Å². The molecule has 0 N–H and O–H groups in total. The van der Waals surface area contributed by atoms with Crippen LogP contribution in [-0.2, 0) is 4.74 Å². The molecule has 4 atom stereocenters. The van der Waals surface area contributed by atoms with Gasteiger partial charge >= 0.3 is 0 Å². The predicted molar refractivity (Wildman–Crippen MR) is 51.7 cm³/mol. The first-order chi connectivity index (χ1) is 6.33. The number of fused-ring (bicyclic) bond motifs is 2. The van der Waals surface area contributed by atoms with Gasteiger partial charge in [0.05, 0.1) is 12.7 Å². The first-order valence-electron chi connectivity index (χ1n) is 5.70. The normalized spacial score (nSPS) is 50.5. The molecule has 2 nitrogen and oxygen atoms in total. The molecule has 0 radical (unpaired) electrons. The van der Waals surface area contributed by atoms with Crippen molar-refractivity contribution in [3.63, 3.8) is 0 Å². The number of ether oxygens (including phenoxy) is 1. The molecule has 2 heteroatoms. The summed E-state index contributed by atoms with van der Waals surface area (Å²) in [5.74, 6) is 0.963. The zero-order chi connectivity index (χ0) is 8.84. The van der Waals surface area contributed by atoms with Crippen molar-refractivity contribution in [1.29, 1.82) is 0 Å². The van der Waals surface area contributed by atoms with Crippen LogP contribution in [-0.4, -0.2) is 36.2 Å². The van der Waals surface area contributed by atoms with Crippen LogP contribution in [0.25, 0.3) is 0 Å². The SMILES string of the molecule is CC1CCC(N2CC3CC2CO3)C1. The minimum atomic E-state index is 0.584. The zero-order valence-electron chi connectivity index (χ0n) is 8.41. The van der Waals surface area contributed by atoms with Gasteiger partial charge in [-0.15, -0.1) is 0 Å². The fraction of sp³-hybridized carbons (Fsp3) is 1.00. The minimum absolute atomic E-state index is 0.584. The van der Waals surface area contributed by atoms with Crippen molar-refractivity contribution < 1.29 is 4.74 Å². The van der Waals surface area contributed by atoms with E-state index in [1.807, 2.05) is 0 Å². The second-order valence-electron chi connectivity index (χ2n) is 5.11. The molecule has 0 aromatic carbocycles. The molecular formula is C11H19NO. The summed E-state index contributed by atoms with van der Waals surface area (Å²) in [6.45, 7) is 4.63. The Morgan fingerprint density at radius 1 is 1.15 bits per heavy atom. The molecular weight excluding hydrogens is 162 g/mol. The molecule has 0 aromatic rings. The lowest BCUT2D eigenvalue weighted by Crippen LogP contribution is -2.43. The van der Waals surface area contributed by atoms with Crippen LogP contribution < -0.4 is 0 Å². The second-order valence-corrected chi connectivity index (χ2v) is 5.11. The van der Waals surface area contributed by atoms with Crippen LogP contribution >= 0.6 is 0 Å². The number of hydrogen-bond donors (Lipinski definition) is 0. The Morgan fingerprint density at radius 2 is 2.08 bits per heavy atom. The summed E-state index contributed by atoms with van der Waals surface area (Å²) < 4.78 is 5.63. The average Bonchev–Trinajstić information content (AvgIpc) is 2.77. The quantitative estimate of drug-likeness (QED) is 0.610. The monoisotopic (exact) mass is 181 g/mol. The van der Waals surface area contributed by atoms with Gasteiger partial charge in [0.15, 0.2) is 0 Å². The van der Waals surface area contributed by atoms with E-state index in [9.17, 15) is 0 Å². The standard InChI is InChI=1S/C11H19NO/c1-8-2-3-9(4-8)12-6-11-5-10(12)7-13-11/h8-11H,2-7H2,1H3. The topological polar surface area (TPSA) is 12.5 Å². The van der Waals surface area contributed by atoms with Crippen LogP contribution in [0.15, 0.2) is 0 Å². The Balaban J connectivity index is 1.66. The van der Waals surface area contributed by atoms with Crippen LogP contribution in [0.4, 0.5) is 0 Å². The highest BCUT2D eigenvalue weighted by Crippen LogP contribution is 2.36. The maximum atomic E-state index is 5.63. The van der Waals surface area contributed by atoms with Crippen molar-refractivity contribution in [1.82, 2.24) is 4.90 Å². The van der Waals surface area contributed by atoms with E-state index in [1.165, 1.54) is 32.2 Å². The average molecular weight is 181 g/mol. The summed E-state index contributed by atoms with van der Waals surface area (Å²) in [7, 11) is 0. The highest BCUT2D eigenvalue weighted by Gasteiger charge is 2.43. The van der Waals surface area contributed by atoms with Crippen molar-refractivity contribution in [3.8, 4) is 0 Å². The van der Waals surface area contributed by atoms with Gasteiger partial charge in [-0.25, -0.2) is 0 Å². The molecule has 0 aromatic heterocycles. The second kappa shape index (κ2) is 2.96. The van der Waals surface area contributed by atoms with Gasteiger partial charge in [-0.3, -0.25) is 4.90 Å². The minimum Gasteiger partial charge on any atom is -0.375 e. The van der Waals surface area contributed by atoms with Crippen LogP contribution in [0.3, 0.4) is 0 Å². The van der Waals surface area contributed by atoms with Crippen molar-refractivity contribution in [3.05, 3.63) is 0 Å². The highest BCUT2D eigenvalue weighted by molar-refractivity contribution is 4.96. The molecule has 3 fully saturated rings. The number of morpholine rings is 1. The van der Waals surface area contributed by atoms with E-state index in [4.69, 9.17) is 4.74 Å². The molecule has 2 bridgehead atoms. The van der Waals surface area contributed by atoms with E-state index >= 15 is 0 Å². The fourth-order valence-electron chi connectivity index (χ4n) is 3.35. The lowest BCUT2D eigenvalue weighted by atomic mass is 10.1. The molecule has 1 saturated carbocycles. The van der Waals surface area contributed by atoms with E-state index in [-0.39, 0.29) is 0 Å². The first-order valence-corrected chi connectivity index (χ1v) is 5.70. The Bertz CT molecular complexity index is 206. The van der Waals surface area contributed by atoms with Gasteiger partial charge in [-0.1, -0.05) is 6.92 Å². The van der Waals surface area contributed by atoms with Crippen molar-refractivity contribution in [2.24, 2.45) is 5.92 Å². The molecule has 2 aliphatic heterocycles. The van der Waals surface area contributed by atoms with Crippen molar-refractivity contribution in [2.45, 2.75) is 50.8 Å². The summed E-state index contributed by atoms with van der Waals surface area (Å²) >= 11 is 0. The molecule has 0 amide bonds. The molecule has 1 aliphatic carbocycles. The largest absolute Gasteiger partial charge is 0.375 e. The van der Waals surface area contributed by atoms with Crippen LogP contribution in [0.1, 0.15) is 32.6 Å². The van der Waals surface area contributed by atoms with Gasteiger partial charge in [-0.05, 0) is 31.6 Å². The Hall–Kier alpha value is -0.0800. The van der Waals surface area contributed by atoms with Gasteiger partial charge in [-0.2, -0.15) is 0 Å². The highest BCUT2D eigenvalue weighted by atomic mass is 16.5. The van der Waals surface area contributed by atoms with Crippen LogP contribution in [0.5, 0.6) is 0 Å². The van der Waals surface area contributed by atoms with Crippen molar-refractivity contribution >= 4 is 0 Å². The smallest absolute Gasteiger partial charge is 0.0718 e.